The van der Waals surface area contributed by atoms with Gasteiger partial charge in [-0.25, -0.2) is 4.21 Å². The molecule has 1 unspecified atom stereocenters. The van der Waals surface area contributed by atoms with E-state index >= 15 is 0 Å². The van der Waals surface area contributed by atoms with Crippen LogP contribution in [-0.4, -0.2) is 38.5 Å². The van der Waals surface area contributed by atoms with Crippen LogP contribution < -0.4 is 0 Å². The monoisotopic (exact) mass is 312 g/mol. The fourth-order valence-electron chi connectivity index (χ4n) is 0.780. The number of halogens is 9. The van der Waals surface area contributed by atoms with E-state index in [4.69, 9.17) is 4.55 Å². The summed E-state index contributed by atoms with van der Waals surface area (Å²) in [5.41, 5.74) is 0. The number of rotatable bonds is 5. The third-order valence-electron chi connectivity index (χ3n) is 1.80. The molecular weight excluding hydrogens is 307 g/mol. The van der Waals surface area contributed by atoms with E-state index in [2.05, 4.69) is 0 Å². The van der Waals surface area contributed by atoms with E-state index < -0.39 is 47.2 Å². The van der Waals surface area contributed by atoms with Gasteiger partial charge in [0.1, 0.15) is 0 Å². The van der Waals surface area contributed by atoms with Gasteiger partial charge in [0, 0.05) is 6.42 Å². The Morgan fingerprint density at radius 1 is 0.833 bits per heavy atom. The first kappa shape index (κ1) is 17.5. The molecule has 0 spiro atoms. The molecule has 0 saturated heterocycles. The van der Waals surface area contributed by atoms with E-state index in [1.54, 1.807) is 0 Å². The molecular formula is C6H5F9O2S. The second-order valence-electron chi connectivity index (χ2n) is 3.13. The van der Waals surface area contributed by atoms with Crippen LogP contribution in [0.1, 0.15) is 6.42 Å². The van der Waals surface area contributed by atoms with Gasteiger partial charge in [-0.15, -0.1) is 0 Å². The highest BCUT2D eigenvalue weighted by molar-refractivity contribution is 7.79. The molecule has 1 atom stereocenters. The van der Waals surface area contributed by atoms with Crippen molar-refractivity contribution in [2.45, 2.75) is 30.4 Å². The summed E-state index contributed by atoms with van der Waals surface area (Å²) in [6.07, 6.45) is -9.17. The first-order chi connectivity index (χ1) is 7.67. The lowest BCUT2D eigenvalue weighted by Gasteiger charge is -2.33. The van der Waals surface area contributed by atoms with Crippen molar-refractivity contribution in [3.63, 3.8) is 0 Å². The van der Waals surface area contributed by atoms with Gasteiger partial charge in [0.25, 0.3) is 0 Å². The average Bonchev–Trinajstić information content (AvgIpc) is 2.12. The minimum atomic E-state index is -6.96. The summed E-state index contributed by atoms with van der Waals surface area (Å²) in [6, 6.07) is 0. The average molecular weight is 312 g/mol. The van der Waals surface area contributed by atoms with Gasteiger partial charge in [-0.05, 0) is 0 Å². The summed E-state index contributed by atoms with van der Waals surface area (Å²) in [5.74, 6) is -21.0. The van der Waals surface area contributed by atoms with Crippen molar-refractivity contribution in [1.82, 2.24) is 0 Å². The molecule has 0 amide bonds. The van der Waals surface area contributed by atoms with E-state index in [0.29, 0.717) is 0 Å². The maximum absolute atomic E-state index is 12.6. The Morgan fingerprint density at radius 2 is 1.22 bits per heavy atom. The van der Waals surface area contributed by atoms with Crippen molar-refractivity contribution < 1.29 is 48.3 Å². The summed E-state index contributed by atoms with van der Waals surface area (Å²) >= 11 is -3.03. The summed E-state index contributed by atoms with van der Waals surface area (Å²) in [5, 5.41) is 0. The first-order valence-electron chi connectivity index (χ1n) is 3.94. The largest absolute Gasteiger partial charge is 0.460 e. The molecule has 0 bridgehead atoms. The minimum absolute atomic E-state index is 1.57. The molecule has 0 aliphatic carbocycles. The number of hydrogen-bond donors (Lipinski definition) is 1. The summed E-state index contributed by atoms with van der Waals surface area (Å²) in [4.78, 5) is 0. The lowest BCUT2D eigenvalue weighted by Crippen LogP contribution is -2.61. The molecule has 0 aromatic carbocycles. The minimum Gasteiger partial charge on any atom is -0.306 e. The van der Waals surface area contributed by atoms with E-state index in [9.17, 15) is 43.7 Å². The maximum Gasteiger partial charge on any atom is 0.460 e. The highest BCUT2D eigenvalue weighted by Gasteiger charge is 2.81. The third-order valence-corrected chi connectivity index (χ3v) is 2.35. The SMILES string of the molecule is O=S(O)CCC(F)(F)C(F)(F)C(F)(F)C(F)(F)F. The predicted molar refractivity (Wildman–Crippen MR) is 41.2 cm³/mol. The van der Waals surface area contributed by atoms with Crippen LogP contribution in [0.3, 0.4) is 0 Å². The molecule has 0 aromatic heterocycles. The van der Waals surface area contributed by atoms with Crippen LogP contribution in [0.2, 0.25) is 0 Å². The Morgan fingerprint density at radius 3 is 1.50 bits per heavy atom. The predicted octanol–water partition coefficient (Wildman–Crippen LogP) is 3.07. The number of hydrogen-bond acceptors (Lipinski definition) is 1. The van der Waals surface area contributed by atoms with Gasteiger partial charge in [0.05, 0.1) is 5.75 Å². The van der Waals surface area contributed by atoms with Crippen molar-refractivity contribution in [1.29, 1.82) is 0 Å². The zero-order valence-electron chi connectivity index (χ0n) is 8.08. The van der Waals surface area contributed by atoms with Crippen LogP contribution in [0.25, 0.3) is 0 Å². The molecule has 12 heteroatoms. The van der Waals surface area contributed by atoms with Crippen LogP contribution >= 0.6 is 0 Å². The van der Waals surface area contributed by atoms with Gasteiger partial charge in [0.15, 0.2) is 11.1 Å². The molecule has 0 aliphatic rings. The van der Waals surface area contributed by atoms with Crippen LogP contribution in [0.15, 0.2) is 0 Å². The fraction of sp³-hybridized carbons (Fsp3) is 1.00. The van der Waals surface area contributed by atoms with Crippen LogP contribution in [0, 0.1) is 0 Å². The second kappa shape index (κ2) is 4.87. The molecule has 0 saturated carbocycles. The standard InChI is InChI=1S/C6H5F9O2S/c7-3(8,1-2-18(16)17)4(9,10)5(11,12)6(13,14)15/h1-2H2,(H,16,17). The first-order valence-corrected chi connectivity index (χ1v) is 5.22. The lowest BCUT2D eigenvalue weighted by molar-refractivity contribution is -0.396. The van der Waals surface area contributed by atoms with E-state index in [-0.39, 0.29) is 0 Å². The molecule has 0 heterocycles. The molecule has 0 radical (unpaired) electrons. The van der Waals surface area contributed by atoms with E-state index in [1.165, 1.54) is 0 Å². The Labute approximate surface area is 96.4 Å². The number of alkyl halides is 9. The summed E-state index contributed by atoms with van der Waals surface area (Å²) in [7, 11) is 0. The van der Waals surface area contributed by atoms with Crippen molar-refractivity contribution in [3.8, 4) is 0 Å². The van der Waals surface area contributed by atoms with Gasteiger partial charge < -0.3 is 4.55 Å². The fourth-order valence-corrected chi connectivity index (χ4v) is 1.21. The second-order valence-corrected chi connectivity index (χ2v) is 4.18. The Bertz CT molecular complexity index is 324. The normalized spacial score (nSPS) is 16.8. The zero-order valence-corrected chi connectivity index (χ0v) is 8.90. The van der Waals surface area contributed by atoms with Crippen LogP contribution in [0.5, 0.6) is 0 Å². The Kier molecular flexibility index (Phi) is 4.73. The smallest absolute Gasteiger partial charge is 0.306 e. The molecule has 0 rings (SSSR count). The zero-order chi connectivity index (χ0) is 15.0. The van der Waals surface area contributed by atoms with Gasteiger partial charge in [0.2, 0.25) is 0 Å². The van der Waals surface area contributed by atoms with Crippen molar-refractivity contribution >= 4 is 11.1 Å². The van der Waals surface area contributed by atoms with Crippen molar-refractivity contribution in [2.24, 2.45) is 0 Å². The van der Waals surface area contributed by atoms with Gasteiger partial charge in [-0.3, -0.25) is 0 Å². The van der Waals surface area contributed by atoms with E-state index in [0.717, 1.165) is 0 Å². The van der Waals surface area contributed by atoms with Crippen molar-refractivity contribution in [2.75, 3.05) is 5.75 Å². The van der Waals surface area contributed by atoms with Gasteiger partial charge >= 0.3 is 23.9 Å². The highest BCUT2D eigenvalue weighted by atomic mass is 32.2. The summed E-state index contributed by atoms with van der Waals surface area (Å²) in [6.45, 7) is 0. The summed E-state index contributed by atoms with van der Waals surface area (Å²) < 4.78 is 127. The molecule has 18 heavy (non-hydrogen) atoms. The van der Waals surface area contributed by atoms with Crippen LogP contribution in [-0.2, 0) is 11.1 Å². The van der Waals surface area contributed by atoms with Crippen molar-refractivity contribution in [3.05, 3.63) is 0 Å². The quantitative estimate of drug-likeness (QED) is 0.626. The Hall–Kier alpha value is -0.520. The molecule has 2 nitrogen and oxygen atoms in total. The van der Waals surface area contributed by atoms with Gasteiger partial charge in [-0.1, -0.05) is 0 Å². The maximum atomic E-state index is 12.6. The molecule has 0 fully saturated rings. The lowest BCUT2D eigenvalue weighted by atomic mass is 10.0. The molecule has 110 valence electrons. The molecule has 1 N–H and O–H groups in total. The molecule has 0 aliphatic heterocycles. The highest BCUT2D eigenvalue weighted by Crippen LogP contribution is 2.53. The van der Waals surface area contributed by atoms with Crippen LogP contribution in [0.4, 0.5) is 39.5 Å². The topological polar surface area (TPSA) is 37.3 Å². The third kappa shape index (κ3) is 3.08. The van der Waals surface area contributed by atoms with E-state index in [1.807, 2.05) is 0 Å². The molecule has 0 aromatic rings. The van der Waals surface area contributed by atoms with Gasteiger partial charge in [-0.2, -0.15) is 39.5 Å². The Balaban J connectivity index is 5.29.